The molecule has 1 aliphatic heterocycles. The molecule has 0 radical (unpaired) electrons. The fourth-order valence-corrected chi connectivity index (χ4v) is 2.53. The zero-order valence-electron chi connectivity index (χ0n) is 9.22. The molecule has 1 aliphatic rings. The highest BCUT2D eigenvalue weighted by molar-refractivity contribution is 6.42. The normalized spacial score (nSPS) is 24.2. The van der Waals surface area contributed by atoms with E-state index in [1.165, 1.54) is 18.4 Å². The molecule has 0 aromatic heterocycles. The highest BCUT2D eigenvalue weighted by Gasteiger charge is 2.27. The van der Waals surface area contributed by atoms with E-state index in [0.717, 1.165) is 13.0 Å². The molecule has 0 amide bonds. The lowest BCUT2D eigenvalue weighted by molar-refractivity contribution is 0.412. The molecule has 1 nitrogen and oxygen atoms in total. The van der Waals surface area contributed by atoms with Crippen LogP contribution >= 0.6 is 35.6 Å². The van der Waals surface area contributed by atoms with Crippen LogP contribution in [-0.2, 0) is 6.42 Å². The Morgan fingerprint density at radius 3 is 2.62 bits per heavy atom. The van der Waals surface area contributed by atoms with Crippen LogP contribution in [0.4, 0.5) is 0 Å². The summed E-state index contributed by atoms with van der Waals surface area (Å²) in [4.78, 5) is 0. The maximum absolute atomic E-state index is 5.99. The van der Waals surface area contributed by atoms with Crippen molar-refractivity contribution in [2.24, 2.45) is 0 Å². The van der Waals surface area contributed by atoms with Crippen molar-refractivity contribution in [1.82, 2.24) is 5.32 Å². The van der Waals surface area contributed by atoms with Gasteiger partial charge in [-0.2, -0.15) is 0 Å². The van der Waals surface area contributed by atoms with E-state index in [0.29, 0.717) is 10.0 Å². The van der Waals surface area contributed by atoms with Crippen LogP contribution in [0.25, 0.3) is 0 Å². The summed E-state index contributed by atoms with van der Waals surface area (Å²) in [7, 11) is 0. The lowest BCUT2D eigenvalue weighted by atomic mass is 9.91. The van der Waals surface area contributed by atoms with E-state index in [9.17, 15) is 0 Å². The van der Waals surface area contributed by atoms with E-state index in [4.69, 9.17) is 23.2 Å². The van der Waals surface area contributed by atoms with Crippen molar-refractivity contribution in [2.75, 3.05) is 6.54 Å². The fourth-order valence-electron chi connectivity index (χ4n) is 2.21. The van der Waals surface area contributed by atoms with Gasteiger partial charge in [0.2, 0.25) is 0 Å². The summed E-state index contributed by atoms with van der Waals surface area (Å²) in [5.74, 6) is 0. The predicted molar refractivity (Wildman–Crippen MR) is 73.1 cm³/mol. The minimum atomic E-state index is 0. The first-order valence-corrected chi connectivity index (χ1v) is 6.04. The zero-order chi connectivity index (χ0) is 10.9. The number of halogens is 3. The van der Waals surface area contributed by atoms with Gasteiger partial charge in [0, 0.05) is 5.54 Å². The van der Waals surface area contributed by atoms with Crippen molar-refractivity contribution in [1.29, 1.82) is 0 Å². The molecular weight excluding hydrogens is 264 g/mol. The first kappa shape index (κ1) is 14.1. The Balaban J connectivity index is 0.00000128. The summed E-state index contributed by atoms with van der Waals surface area (Å²) >= 11 is 11.9. The van der Waals surface area contributed by atoms with E-state index < -0.39 is 0 Å². The molecule has 1 aromatic rings. The van der Waals surface area contributed by atoms with Gasteiger partial charge in [-0.1, -0.05) is 29.3 Å². The van der Waals surface area contributed by atoms with E-state index in [-0.39, 0.29) is 17.9 Å². The van der Waals surface area contributed by atoms with Crippen LogP contribution < -0.4 is 5.32 Å². The first-order valence-electron chi connectivity index (χ1n) is 5.28. The monoisotopic (exact) mass is 279 g/mol. The second-order valence-corrected chi connectivity index (χ2v) is 5.33. The number of benzene rings is 1. The van der Waals surface area contributed by atoms with Crippen molar-refractivity contribution < 1.29 is 0 Å². The van der Waals surface area contributed by atoms with Crippen molar-refractivity contribution in [2.45, 2.75) is 31.7 Å². The van der Waals surface area contributed by atoms with Gasteiger partial charge in [-0.25, -0.2) is 0 Å². The van der Waals surface area contributed by atoms with E-state index >= 15 is 0 Å². The average Bonchev–Trinajstić information content (AvgIpc) is 2.59. The first-order chi connectivity index (χ1) is 7.09. The van der Waals surface area contributed by atoms with Crippen molar-refractivity contribution in [3.8, 4) is 0 Å². The van der Waals surface area contributed by atoms with Gasteiger partial charge in [0.05, 0.1) is 10.0 Å². The molecule has 4 heteroatoms. The van der Waals surface area contributed by atoms with Gasteiger partial charge in [-0.05, 0) is 50.4 Å². The zero-order valence-corrected chi connectivity index (χ0v) is 11.6. The van der Waals surface area contributed by atoms with Gasteiger partial charge >= 0.3 is 0 Å². The minimum Gasteiger partial charge on any atom is -0.311 e. The van der Waals surface area contributed by atoms with Gasteiger partial charge in [-0.3, -0.25) is 0 Å². The van der Waals surface area contributed by atoms with E-state index in [1.54, 1.807) is 0 Å². The summed E-state index contributed by atoms with van der Waals surface area (Å²) in [5, 5.41) is 4.82. The Hall–Kier alpha value is 0.0500. The maximum atomic E-state index is 5.99. The Kier molecular flexibility index (Phi) is 4.93. The lowest BCUT2D eigenvalue weighted by Crippen LogP contribution is -2.38. The summed E-state index contributed by atoms with van der Waals surface area (Å²) in [6.45, 7) is 3.39. The summed E-state index contributed by atoms with van der Waals surface area (Å²) in [6.07, 6.45) is 3.51. The van der Waals surface area contributed by atoms with Crippen LogP contribution in [0.1, 0.15) is 25.3 Å². The van der Waals surface area contributed by atoms with Crippen LogP contribution in [0.3, 0.4) is 0 Å². The van der Waals surface area contributed by atoms with Gasteiger partial charge in [-0.15, -0.1) is 12.4 Å². The molecule has 0 spiro atoms. The Bertz CT molecular complexity index is 359. The minimum absolute atomic E-state index is 0. The summed E-state index contributed by atoms with van der Waals surface area (Å²) < 4.78 is 0. The van der Waals surface area contributed by atoms with Gasteiger partial charge in [0.1, 0.15) is 0 Å². The molecule has 16 heavy (non-hydrogen) atoms. The summed E-state index contributed by atoms with van der Waals surface area (Å²) in [5.41, 5.74) is 1.48. The van der Waals surface area contributed by atoms with Crippen LogP contribution in [0, 0.1) is 0 Å². The molecule has 2 rings (SSSR count). The fraction of sp³-hybridized carbons (Fsp3) is 0.500. The highest BCUT2D eigenvalue weighted by atomic mass is 35.5. The smallest absolute Gasteiger partial charge is 0.0595 e. The molecule has 0 saturated carbocycles. The summed E-state index contributed by atoms with van der Waals surface area (Å²) in [6, 6.07) is 5.89. The molecule has 1 N–H and O–H groups in total. The second-order valence-electron chi connectivity index (χ2n) is 4.52. The molecule has 1 aromatic carbocycles. The highest BCUT2D eigenvalue weighted by Crippen LogP contribution is 2.27. The van der Waals surface area contributed by atoms with Crippen molar-refractivity contribution in [3.63, 3.8) is 0 Å². The third-order valence-electron chi connectivity index (χ3n) is 3.04. The van der Waals surface area contributed by atoms with Gasteiger partial charge in [0.15, 0.2) is 0 Å². The lowest BCUT2D eigenvalue weighted by Gasteiger charge is -2.24. The van der Waals surface area contributed by atoms with Gasteiger partial charge in [0.25, 0.3) is 0 Å². The third kappa shape index (κ3) is 3.27. The average molecular weight is 281 g/mol. The molecule has 0 aliphatic carbocycles. The van der Waals surface area contributed by atoms with Crippen LogP contribution in [0.15, 0.2) is 18.2 Å². The molecular formula is C12H16Cl3N. The second kappa shape index (κ2) is 5.59. The quantitative estimate of drug-likeness (QED) is 0.860. The molecule has 1 unspecified atom stereocenters. The number of rotatable bonds is 2. The standard InChI is InChI=1S/C12H15Cl2N.ClH/c1-12(5-2-6-15-12)8-9-3-4-10(13)11(14)7-9;/h3-4,7,15H,2,5-6,8H2,1H3;1H. The van der Waals surface area contributed by atoms with Crippen LogP contribution in [0.5, 0.6) is 0 Å². The third-order valence-corrected chi connectivity index (χ3v) is 3.77. The molecule has 0 bridgehead atoms. The number of hydrogen-bond donors (Lipinski definition) is 1. The Morgan fingerprint density at radius 1 is 1.31 bits per heavy atom. The molecule has 90 valence electrons. The van der Waals surface area contributed by atoms with E-state index in [2.05, 4.69) is 18.3 Å². The van der Waals surface area contributed by atoms with Crippen LogP contribution in [-0.4, -0.2) is 12.1 Å². The predicted octanol–water partition coefficient (Wildman–Crippen LogP) is 4.10. The Labute approximate surface area is 113 Å². The Morgan fingerprint density at radius 2 is 2.06 bits per heavy atom. The van der Waals surface area contributed by atoms with E-state index in [1.807, 2.05) is 12.1 Å². The van der Waals surface area contributed by atoms with Gasteiger partial charge < -0.3 is 5.32 Å². The van der Waals surface area contributed by atoms with Crippen molar-refractivity contribution in [3.05, 3.63) is 33.8 Å². The number of nitrogens with one attached hydrogen (secondary N) is 1. The molecule has 1 atom stereocenters. The SMILES string of the molecule is CC1(Cc2ccc(Cl)c(Cl)c2)CCCN1.Cl. The molecule has 1 heterocycles. The topological polar surface area (TPSA) is 12.0 Å². The molecule has 1 saturated heterocycles. The van der Waals surface area contributed by atoms with Crippen LogP contribution in [0.2, 0.25) is 10.0 Å². The number of hydrogen-bond acceptors (Lipinski definition) is 1. The maximum Gasteiger partial charge on any atom is 0.0595 e. The van der Waals surface area contributed by atoms with Crippen molar-refractivity contribution >= 4 is 35.6 Å². The largest absolute Gasteiger partial charge is 0.311 e. The molecule has 1 fully saturated rings.